The molecule has 1 aromatic rings. The summed E-state index contributed by atoms with van der Waals surface area (Å²) in [5.41, 5.74) is 3.65. The minimum Gasteiger partial charge on any atom is -0.366 e. The number of anilines is 1. The normalized spacial score (nSPS) is 20.8. The van der Waals surface area contributed by atoms with Crippen LogP contribution in [-0.2, 0) is 0 Å². The summed E-state index contributed by atoms with van der Waals surface area (Å²) in [6.07, 6.45) is 3.59. The van der Waals surface area contributed by atoms with Gasteiger partial charge in [0.15, 0.2) is 0 Å². The number of nitriles is 1. The lowest BCUT2D eigenvalue weighted by atomic mass is 9.79. The first-order chi connectivity index (χ1) is 8.99. The monoisotopic (exact) mass is 256 g/mol. The molecular weight excluding hydrogens is 232 g/mol. The average Bonchev–Trinajstić information content (AvgIpc) is 2.37. The van der Waals surface area contributed by atoms with Gasteiger partial charge in [0.05, 0.1) is 11.6 Å². The summed E-state index contributed by atoms with van der Waals surface area (Å²) in [5, 5.41) is 9.07. The van der Waals surface area contributed by atoms with Crippen molar-refractivity contribution in [2.24, 2.45) is 0 Å². The highest BCUT2D eigenvalue weighted by molar-refractivity contribution is 5.61. The van der Waals surface area contributed by atoms with Crippen molar-refractivity contribution in [1.29, 1.82) is 5.26 Å². The molecule has 0 N–H and O–H groups in total. The minimum absolute atomic E-state index is 0.204. The highest BCUT2D eigenvalue weighted by atomic mass is 15.2. The van der Waals surface area contributed by atoms with Crippen molar-refractivity contribution in [2.45, 2.75) is 58.4 Å². The van der Waals surface area contributed by atoms with Crippen molar-refractivity contribution < 1.29 is 0 Å². The van der Waals surface area contributed by atoms with E-state index in [2.05, 4.69) is 50.8 Å². The fourth-order valence-corrected chi connectivity index (χ4v) is 3.30. The van der Waals surface area contributed by atoms with Gasteiger partial charge in [0.2, 0.25) is 0 Å². The van der Waals surface area contributed by atoms with Gasteiger partial charge < -0.3 is 4.90 Å². The molecule has 0 fully saturated rings. The topological polar surface area (TPSA) is 27.0 Å². The van der Waals surface area contributed by atoms with Gasteiger partial charge in [-0.25, -0.2) is 0 Å². The Bertz CT molecular complexity index is 496. The molecule has 2 rings (SSSR count). The zero-order valence-electron chi connectivity index (χ0n) is 12.5. The lowest BCUT2D eigenvalue weighted by Crippen LogP contribution is -2.48. The van der Waals surface area contributed by atoms with Gasteiger partial charge in [-0.1, -0.05) is 20.3 Å². The molecule has 1 atom stereocenters. The molecule has 0 radical (unpaired) electrons. The van der Waals surface area contributed by atoms with Crippen LogP contribution in [-0.4, -0.2) is 12.1 Å². The number of hydrogen-bond acceptors (Lipinski definition) is 2. The quantitative estimate of drug-likeness (QED) is 0.799. The smallest absolute Gasteiger partial charge is 0.0991 e. The van der Waals surface area contributed by atoms with Crippen molar-refractivity contribution in [3.05, 3.63) is 29.3 Å². The number of fused-ring (bicyclic) bond motifs is 1. The molecule has 0 aliphatic carbocycles. The average molecular weight is 256 g/mol. The lowest BCUT2D eigenvalue weighted by molar-refractivity contribution is 0.374. The van der Waals surface area contributed by atoms with Gasteiger partial charge in [0.1, 0.15) is 0 Å². The Morgan fingerprint density at radius 2 is 2.16 bits per heavy atom. The van der Waals surface area contributed by atoms with Crippen LogP contribution in [0, 0.1) is 11.3 Å². The molecule has 0 saturated heterocycles. The van der Waals surface area contributed by atoms with Gasteiger partial charge in [0.25, 0.3) is 0 Å². The lowest BCUT2D eigenvalue weighted by Gasteiger charge is -2.47. The van der Waals surface area contributed by atoms with Gasteiger partial charge >= 0.3 is 0 Å². The van der Waals surface area contributed by atoms with Crippen LogP contribution in [0.1, 0.15) is 64.0 Å². The van der Waals surface area contributed by atoms with Crippen molar-refractivity contribution >= 4 is 5.69 Å². The van der Waals surface area contributed by atoms with E-state index in [1.54, 1.807) is 0 Å². The highest BCUT2D eigenvalue weighted by Gasteiger charge is 2.35. The van der Waals surface area contributed by atoms with Gasteiger partial charge in [-0.2, -0.15) is 5.26 Å². The fourth-order valence-electron chi connectivity index (χ4n) is 3.30. The van der Waals surface area contributed by atoms with Crippen LogP contribution < -0.4 is 4.90 Å². The Morgan fingerprint density at radius 1 is 1.42 bits per heavy atom. The number of rotatable bonds is 3. The first kappa shape index (κ1) is 13.9. The minimum atomic E-state index is 0.204. The molecule has 102 valence electrons. The number of benzene rings is 1. The van der Waals surface area contributed by atoms with Crippen molar-refractivity contribution in [2.75, 3.05) is 11.4 Å². The van der Waals surface area contributed by atoms with Crippen LogP contribution in [0.2, 0.25) is 0 Å². The molecule has 0 amide bonds. The van der Waals surface area contributed by atoms with Crippen LogP contribution >= 0.6 is 0 Å². The predicted molar refractivity (Wildman–Crippen MR) is 80.5 cm³/mol. The summed E-state index contributed by atoms with van der Waals surface area (Å²) in [7, 11) is 0. The summed E-state index contributed by atoms with van der Waals surface area (Å²) in [6.45, 7) is 10.3. The highest BCUT2D eigenvalue weighted by Crippen LogP contribution is 2.43. The number of hydrogen-bond donors (Lipinski definition) is 0. The van der Waals surface area contributed by atoms with Gasteiger partial charge in [-0.05, 0) is 56.4 Å². The standard InChI is InChI=1S/C17H24N2/c1-5-6-9-19-16-8-7-14(12-18)10-15(16)13(2)11-17(19,3)4/h7-8,10,13H,5-6,9,11H2,1-4H3. The molecule has 1 aliphatic heterocycles. The van der Waals surface area contributed by atoms with E-state index in [0.29, 0.717) is 5.92 Å². The molecular formula is C17H24N2. The van der Waals surface area contributed by atoms with Crippen LogP contribution in [0.15, 0.2) is 18.2 Å². The summed E-state index contributed by atoms with van der Waals surface area (Å²) in [5.74, 6) is 0.524. The van der Waals surface area contributed by atoms with E-state index in [0.717, 1.165) is 18.5 Å². The molecule has 0 saturated carbocycles. The van der Waals surface area contributed by atoms with Crippen LogP contribution in [0.3, 0.4) is 0 Å². The third-order valence-electron chi connectivity index (χ3n) is 4.25. The Morgan fingerprint density at radius 3 is 2.79 bits per heavy atom. The molecule has 1 aliphatic rings. The summed E-state index contributed by atoms with van der Waals surface area (Å²) in [4.78, 5) is 2.53. The van der Waals surface area contributed by atoms with Gasteiger partial charge in [0, 0.05) is 17.8 Å². The number of nitrogens with zero attached hydrogens (tertiary/aromatic N) is 2. The SMILES string of the molecule is CCCCN1c2ccc(C#N)cc2C(C)CC1(C)C. The van der Waals surface area contributed by atoms with E-state index in [1.165, 1.54) is 24.1 Å². The van der Waals surface area contributed by atoms with Crippen molar-refractivity contribution in [3.8, 4) is 6.07 Å². The second-order valence-electron chi connectivity index (χ2n) is 6.31. The first-order valence-electron chi connectivity index (χ1n) is 7.31. The van der Waals surface area contributed by atoms with Crippen LogP contribution in [0.25, 0.3) is 0 Å². The van der Waals surface area contributed by atoms with E-state index < -0.39 is 0 Å². The third kappa shape index (κ3) is 2.61. The Hall–Kier alpha value is -1.49. The second kappa shape index (κ2) is 5.25. The molecule has 1 heterocycles. The van der Waals surface area contributed by atoms with Crippen LogP contribution in [0.4, 0.5) is 5.69 Å². The largest absolute Gasteiger partial charge is 0.366 e. The zero-order valence-corrected chi connectivity index (χ0v) is 12.5. The van der Waals surface area contributed by atoms with E-state index in [4.69, 9.17) is 5.26 Å². The molecule has 19 heavy (non-hydrogen) atoms. The summed E-state index contributed by atoms with van der Waals surface area (Å²) >= 11 is 0. The third-order valence-corrected chi connectivity index (χ3v) is 4.25. The molecule has 2 heteroatoms. The van der Waals surface area contributed by atoms with E-state index >= 15 is 0 Å². The molecule has 1 aromatic carbocycles. The maximum Gasteiger partial charge on any atom is 0.0991 e. The number of unbranched alkanes of at least 4 members (excludes halogenated alkanes) is 1. The molecule has 0 bridgehead atoms. The van der Waals surface area contributed by atoms with E-state index in [9.17, 15) is 0 Å². The first-order valence-corrected chi connectivity index (χ1v) is 7.31. The molecule has 1 unspecified atom stereocenters. The van der Waals surface area contributed by atoms with Crippen LogP contribution in [0.5, 0.6) is 0 Å². The summed E-state index contributed by atoms with van der Waals surface area (Å²) < 4.78 is 0. The molecule has 0 aromatic heterocycles. The maximum absolute atomic E-state index is 9.07. The van der Waals surface area contributed by atoms with Gasteiger partial charge in [-0.3, -0.25) is 0 Å². The Kier molecular flexibility index (Phi) is 3.85. The van der Waals surface area contributed by atoms with Crippen molar-refractivity contribution in [3.63, 3.8) is 0 Å². The fraction of sp³-hybridized carbons (Fsp3) is 0.588. The van der Waals surface area contributed by atoms with Crippen molar-refractivity contribution in [1.82, 2.24) is 0 Å². The van der Waals surface area contributed by atoms with E-state index in [-0.39, 0.29) is 5.54 Å². The second-order valence-corrected chi connectivity index (χ2v) is 6.31. The van der Waals surface area contributed by atoms with E-state index in [1.807, 2.05) is 6.07 Å². The van der Waals surface area contributed by atoms with Gasteiger partial charge in [-0.15, -0.1) is 0 Å². The molecule has 0 spiro atoms. The Balaban J connectivity index is 2.44. The summed E-state index contributed by atoms with van der Waals surface area (Å²) in [6, 6.07) is 8.43. The predicted octanol–water partition coefficient (Wildman–Crippen LogP) is 4.45. The molecule has 2 nitrogen and oxygen atoms in total. The maximum atomic E-state index is 9.07. The Labute approximate surface area is 117 Å². The zero-order chi connectivity index (χ0) is 14.0.